The van der Waals surface area contributed by atoms with Crippen LogP contribution < -0.4 is 5.32 Å². The predicted molar refractivity (Wildman–Crippen MR) is 81.2 cm³/mol. The third-order valence-corrected chi connectivity index (χ3v) is 3.65. The molecule has 4 heteroatoms. The topological polar surface area (TPSA) is 29.1 Å². The summed E-state index contributed by atoms with van der Waals surface area (Å²) in [5.41, 5.74) is 1.70. The monoisotopic (exact) mass is 335 g/mol. The Labute approximate surface area is 126 Å². The van der Waals surface area contributed by atoms with Gasteiger partial charge in [0.05, 0.1) is 5.56 Å². The van der Waals surface area contributed by atoms with Crippen LogP contribution in [0.25, 0.3) is 0 Å². The first-order valence-corrected chi connectivity index (χ1v) is 7.23. The van der Waals surface area contributed by atoms with Crippen molar-refractivity contribution in [3.05, 3.63) is 69.9 Å². The molecule has 2 rings (SSSR count). The van der Waals surface area contributed by atoms with Crippen LogP contribution in [0.5, 0.6) is 0 Å². The summed E-state index contributed by atoms with van der Waals surface area (Å²) < 4.78 is 13.5. The largest absolute Gasteiger partial charge is 0.352 e. The van der Waals surface area contributed by atoms with Crippen molar-refractivity contribution in [3.63, 3.8) is 0 Å². The van der Waals surface area contributed by atoms with Crippen molar-refractivity contribution >= 4 is 21.8 Å². The first kappa shape index (κ1) is 14.7. The molecule has 2 aromatic carbocycles. The maximum atomic E-state index is 12.7. The van der Waals surface area contributed by atoms with Gasteiger partial charge in [-0.25, -0.2) is 4.39 Å². The molecule has 0 aliphatic rings. The quantitative estimate of drug-likeness (QED) is 0.823. The maximum absolute atomic E-state index is 12.7. The fraction of sp³-hybridized carbons (Fsp3) is 0.188. The molecule has 0 aliphatic heterocycles. The third kappa shape index (κ3) is 4.17. The SMILES string of the molecule is O=C(NCCCc1ccc(F)cc1)c1ccccc1Br. The van der Waals surface area contributed by atoms with Crippen molar-refractivity contribution < 1.29 is 9.18 Å². The van der Waals surface area contributed by atoms with E-state index >= 15 is 0 Å². The second-order valence-electron chi connectivity index (χ2n) is 4.47. The van der Waals surface area contributed by atoms with Gasteiger partial charge in [-0.2, -0.15) is 0 Å². The molecule has 0 aliphatic carbocycles. The third-order valence-electron chi connectivity index (χ3n) is 2.96. The average molecular weight is 336 g/mol. The van der Waals surface area contributed by atoms with Gasteiger partial charge in [-0.1, -0.05) is 24.3 Å². The Morgan fingerprint density at radius 3 is 2.50 bits per heavy atom. The zero-order valence-electron chi connectivity index (χ0n) is 10.9. The first-order chi connectivity index (χ1) is 9.66. The zero-order valence-corrected chi connectivity index (χ0v) is 12.5. The van der Waals surface area contributed by atoms with Gasteiger partial charge in [0.25, 0.3) is 5.91 Å². The molecular formula is C16H15BrFNO. The number of hydrogen-bond donors (Lipinski definition) is 1. The predicted octanol–water partition coefficient (Wildman–Crippen LogP) is 3.95. The van der Waals surface area contributed by atoms with E-state index < -0.39 is 0 Å². The molecule has 0 fully saturated rings. The van der Waals surface area contributed by atoms with Gasteiger partial charge in [0.15, 0.2) is 0 Å². The van der Waals surface area contributed by atoms with Crippen molar-refractivity contribution in [2.45, 2.75) is 12.8 Å². The Hall–Kier alpha value is -1.68. The summed E-state index contributed by atoms with van der Waals surface area (Å²) in [4.78, 5) is 11.9. The van der Waals surface area contributed by atoms with Crippen molar-refractivity contribution in [2.75, 3.05) is 6.54 Å². The summed E-state index contributed by atoms with van der Waals surface area (Å²) in [6.07, 6.45) is 1.64. The van der Waals surface area contributed by atoms with Crippen molar-refractivity contribution in [1.82, 2.24) is 5.32 Å². The number of amides is 1. The van der Waals surface area contributed by atoms with E-state index in [-0.39, 0.29) is 11.7 Å². The van der Waals surface area contributed by atoms with Crippen LogP contribution >= 0.6 is 15.9 Å². The molecule has 0 radical (unpaired) electrons. The molecule has 0 saturated heterocycles. The van der Waals surface area contributed by atoms with Crippen molar-refractivity contribution in [1.29, 1.82) is 0 Å². The lowest BCUT2D eigenvalue weighted by atomic mass is 10.1. The summed E-state index contributed by atoms with van der Waals surface area (Å²) in [6.45, 7) is 0.595. The van der Waals surface area contributed by atoms with Gasteiger partial charge < -0.3 is 5.32 Å². The van der Waals surface area contributed by atoms with Crippen LogP contribution in [0, 0.1) is 5.82 Å². The number of carbonyl (C=O) groups is 1. The van der Waals surface area contributed by atoms with E-state index in [0.717, 1.165) is 22.9 Å². The highest BCUT2D eigenvalue weighted by Crippen LogP contribution is 2.15. The summed E-state index contributed by atoms with van der Waals surface area (Å²) in [5.74, 6) is -0.312. The van der Waals surface area contributed by atoms with Crippen molar-refractivity contribution in [2.24, 2.45) is 0 Å². The number of carbonyl (C=O) groups excluding carboxylic acids is 1. The minimum Gasteiger partial charge on any atom is -0.352 e. The smallest absolute Gasteiger partial charge is 0.252 e. The molecule has 0 atom stereocenters. The van der Waals surface area contributed by atoms with Gasteiger partial charge >= 0.3 is 0 Å². The van der Waals surface area contributed by atoms with E-state index in [1.165, 1.54) is 12.1 Å². The molecule has 0 unspecified atom stereocenters. The molecule has 0 aromatic heterocycles. The van der Waals surface area contributed by atoms with Crippen LogP contribution in [0.2, 0.25) is 0 Å². The van der Waals surface area contributed by atoms with Gasteiger partial charge in [0, 0.05) is 11.0 Å². The highest BCUT2D eigenvalue weighted by atomic mass is 79.9. The summed E-state index contributed by atoms with van der Waals surface area (Å²) >= 11 is 3.35. The normalized spacial score (nSPS) is 10.3. The Bertz CT molecular complexity index is 583. The Kier molecular flexibility index (Phi) is 5.30. The fourth-order valence-corrected chi connectivity index (χ4v) is 2.35. The lowest BCUT2D eigenvalue weighted by Crippen LogP contribution is -2.25. The molecule has 1 amide bonds. The van der Waals surface area contributed by atoms with E-state index in [0.29, 0.717) is 12.1 Å². The lowest BCUT2D eigenvalue weighted by molar-refractivity contribution is 0.0952. The molecule has 1 N–H and O–H groups in total. The zero-order chi connectivity index (χ0) is 14.4. The molecule has 2 nitrogen and oxygen atoms in total. The molecule has 0 saturated carbocycles. The van der Waals surface area contributed by atoms with Gasteiger partial charge in [0.1, 0.15) is 5.82 Å². The average Bonchev–Trinajstić information content (AvgIpc) is 2.46. The number of hydrogen-bond acceptors (Lipinski definition) is 1. The summed E-state index contributed by atoms with van der Waals surface area (Å²) in [5, 5.41) is 2.88. The maximum Gasteiger partial charge on any atom is 0.252 e. The molecule has 104 valence electrons. The van der Waals surface area contributed by atoms with Gasteiger partial charge in [-0.05, 0) is 58.6 Å². The molecule has 0 heterocycles. The van der Waals surface area contributed by atoms with Gasteiger partial charge in [-0.15, -0.1) is 0 Å². The van der Waals surface area contributed by atoms with E-state index in [1.807, 2.05) is 18.2 Å². The highest BCUT2D eigenvalue weighted by molar-refractivity contribution is 9.10. The molecule has 0 bridgehead atoms. The second-order valence-corrected chi connectivity index (χ2v) is 5.32. The van der Waals surface area contributed by atoms with Crippen LogP contribution in [0.3, 0.4) is 0 Å². The second kappa shape index (κ2) is 7.20. The van der Waals surface area contributed by atoms with E-state index in [2.05, 4.69) is 21.2 Å². The number of benzene rings is 2. The van der Waals surface area contributed by atoms with Crippen LogP contribution in [-0.4, -0.2) is 12.5 Å². The minimum atomic E-state index is -0.226. The fourth-order valence-electron chi connectivity index (χ4n) is 1.89. The number of rotatable bonds is 5. The van der Waals surface area contributed by atoms with Gasteiger partial charge in [-0.3, -0.25) is 4.79 Å². The van der Waals surface area contributed by atoms with Crippen LogP contribution in [0.15, 0.2) is 53.0 Å². The minimum absolute atomic E-state index is 0.0865. The van der Waals surface area contributed by atoms with E-state index in [4.69, 9.17) is 0 Å². The molecule has 2 aromatic rings. The number of nitrogens with one attached hydrogen (secondary N) is 1. The summed E-state index contributed by atoms with van der Waals surface area (Å²) in [7, 11) is 0. The summed E-state index contributed by atoms with van der Waals surface area (Å²) in [6, 6.07) is 13.8. The highest BCUT2D eigenvalue weighted by Gasteiger charge is 2.07. The Morgan fingerprint density at radius 1 is 1.10 bits per heavy atom. The Morgan fingerprint density at radius 2 is 1.80 bits per heavy atom. The first-order valence-electron chi connectivity index (χ1n) is 6.44. The standard InChI is InChI=1S/C16H15BrFNO/c17-15-6-2-1-5-14(15)16(20)19-11-3-4-12-7-9-13(18)10-8-12/h1-2,5-10H,3-4,11H2,(H,19,20). The Balaban J connectivity index is 1.77. The van der Waals surface area contributed by atoms with Crippen LogP contribution in [-0.2, 0) is 6.42 Å². The van der Waals surface area contributed by atoms with Crippen LogP contribution in [0.4, 0.5) is 4.39 Å². The van der Waals surface area contributed by atoms with Gasteiger partial charge in [0.2, 0.25) is 0 Å². The number of aryl methyl sites for hydroxylation is 1. The van der Waals surface area contributed by atoms with Crippen LogP contribution in [0.1, 0.15) is 22.3 Å². The number of halogens is 2. The molecule has 0 spiro atoms. The lowest BCUT2D eigenvalue weighted by Gasteiger charge is -2.07. The van der Waals surface area contributed by atoms with E-state index in [9.17, 15) is 9.18 Å². The van der Waals surface area contributed by atoms with E-state index in [1.54, 1.807) is 18.2 Å². The van der Waals surface area contributed by atoms with Crippen molar-refractivity contribution in [3.8, 4) is 0 Å². The molecule has 20 heavy (non-hydrogen) atoms. The molecular weight excluding hydrogens is 321 g/mol.